The Hall–Kier alpha value is -0.646. The van der Waals surface area contributed by atoms with Crippen molar-refractivity contribution in [2.24, 2.45) is 5.73 Å². The first kappa shape index (κ1) is 14.4. The van der Waals surface area contributed by atoms with Gasteiger partial charge in [0.1, 0.15) is 6.04 Å². The van der Waals surface area contributed by atoms with Crippen LogP contribution < -0.4 is 5.73 Å². The summed E-state index contributed by atoms with van der Waals surface area (Å²) >= 11 is 0. The van der Waals surface area contributed by atoms with Crippen molar-refractivity contribution in [1.29, 1.82) is 0 Å². The summed E-state index contributed by atoms with van der Waals surface area (Å²) in [6, 6.07) is 3.09. The minimum absolute atomic E-state index is 0. The van der Waals surface area contributed by atoms with E-state index in [1.54, 1.807) is 0 Å². The second-order valence-corrected chi connectivity index (χ2v) is 2.97. The molecule has 0 bridgehead atoms. The Balaban J connectivity index is 0.00000196. The van der Waals surface area contributed by atoms with E-state index in [1.807, 2.05) is 0 Å². The number of carboxylic acid groups (broad SMARTS) is 1. The summed E-state index contributed by atoms with van der Waals surface area (Å²) in [6.45, 7) is 0. The van der Waals surface area contributed by atoms with E-state index in [1.165, 1.54) is 18.2 Å². The molecule has 1 aromatic rings. The van der Waals surface area contributed by atoms with E-state index in [-0.39, 0.29) is 50.6 Å². The number of benzene rings is 1. The van der Waals surface area contributed by atoms with Crippen LogP contribution in [-0.2, 0) is 43.9 Å². The van der Waals surface area contributed by atoms with Gasteiger partial charge in [0, 0.05) is 32.7 Å². The summed E-state index contributed by atoms with van der Waals surface area (Å²) in [5.41, 5.74) is 5.86. The van der Waals surface area contributed by atoms with Gasteiger partial charge in [0.25, 0.3) is 0 Å². The molecule has 1 atom stereocenters. The van der Waals surface area contributed by atoms with E-state index in [2.05, 4.69) is 0 Å². The van der Waals surface area contributed by atoms with Gasteiger partial charge < -0.3 is 21.1 Å². The van der Waals surface area contributed by atoms with Gasteiger partial charge in [-0.25, -0.2) is 0 Å². The summed E-state index contributed by atoms with van der Waals surface area (Å²) in [6.07, 6.45) is 0.114. The van der Waals surface area contributed by atoms with Gasteiger partial charge >= 0.3 is 5.97 Å². The molecule has 6 heteroatoms. The van der Waals surface area contributed by atoms with E-state index in [0.717, 1.165) is 0 Å². The molecule has 5 nitrogen and oxygen atoms in total. The number of carbonyl (C=O) groups is 1. The molecule has 1 rings (SSSR count). The second kappa shape index (κ2) is 6.05. The van der Waals surface area contributed by atoms with Gasteiger partial charge in [0.05, 0.1) is 0 Å². The van der Waals surface area contributed by atoms with Crippen LogP contribution in [0.5, 0.6) is 11.5 Å². The quantitative estimate of drug-likeness (QED) is 0.588. The first-order valence-corrected chi connectivity index (χ1v) is 4.00. The van der Waals surface area contributed by atoms with Crippen molar-refractivity contribution in [3.8, 4) is 11.5 Å². The van der Waals surface area contributed by atoms with Gasteiger partial charge in [-0.1, -0.05) is 6.07 Å². The first-order valence-electron chi connectivity index (χ1n) is 4.00. The van der Waals surface area contributed by atoms with Crippen LogP contribution in [0.4, 0.5) is 0 Å². The van der Waals surface area contributed by atoms with Crippen LogP contribution >= 0.6 is 0 Å². The van der Waals surface area contributed by atoms with Crippen molar-refractivity contribution in [1.82, 2.24) is 0 Å². The fourth-order valence-electron chi connectivity index (χ4n) is 1.04. The topological polar surface area (TPSA) is 104 Å². The Morgan fingerprint density at radius 1 is 1.33 bits per heavy atom. The molecular weight excluding hydrogens is 275 g/mol. The second-order valence-electron chi connectivity index (χ2n) is 2.97. The molecule has 5 N–H and O–H groups in total. The minimum atomic E-state index is -1.10. The molecular formula is C9H11NO4Y. The fraction of sp³-hybridized carbons (Fsp3) is 0.222. The Morgan fingerprint density at radius 2 is 1.93 bits per heavy atom. The summed E-state index contributed by atoms with van der Waals surface area (Å²) in [5, 5.41) is 26.6. The summed E-state index contributed by atoms with van der Waals surface area (Å²) in [7, 11) is 0. The predicted molar refractivity (Wildman–Crippen MR) is 49.1 cm³/mol. The number of phenolic OH excluding ortho intramolecular Hbond substituents is 2. The van der Waals surface area contributed by atoms with Gasteiger partial charge in [0.15, 0.2) is 11.5 Å². The van der Waals surface area contributed by atoms with Crippen LogP contribution in [0, 0.1) is 0 Å². The molecule has 0 aromatic heterocycles. The average Bonchev–Trinajstić information content (AvgIpc) is 2.11. The molecule has 0 aliphatic carbocycles. The van der Waals surface area contributed by atoms with Crippen molar-refractivity contribution < 1.29 is 52.8 Å². The number of hydrogen-bond donors (Lipinski definition) is 4. The van der Waals surface area contributed by atoms with Crippen LogP contribution in [0.1, 0.15) is 5.56 Å². The largest absolute Gasteiger partial charge is 0.504 e. The third kappa shape index (κ3) is 4.16. The Labute approximate surface area is 112 Å². The van der Waals surface area contributed by atoms with E-state index in [4.69, 9.17) is 21.1 Å². The standard InChI is InChI=1S/C9H11NO4.Y/c10-6(9(13)14)3-5-1-2-7(11)8(12)4-5;/h1-2,4,6,11-12H,3,10H2,(H,13,14);/t6-;/m0./s1. The predicted octanol–water partition coefficient (Wildman–Crippen LogP) is 0.0497. The van der Waals surface area contributed by atoms with Crippen LogP contribution in [0.25, 0.3) is 0 Å². The summed E-state index contributed by atoms with van der Waals surface area (Å²) < 4.78 is 0. The molecule has 0 heterocycles. The SMILES string of the molecule is N[C@@H](Cc1ccc(O)c(O)c1)C(=O)O.[Y]. The van der Waals surface area contributed by atoms with Crippen molar-refractivity contribution >= 4 is 5.97 Å². The maximum atomic E-state index is 10.4. The van der Waals surface area contributed by atoms with E-state index >= 15 is 0 Å². The zero-order valence-corrected chi connectivity index (χ0v) is 10.8. The molecule has 0 aliphatic rings. The Kier molecular flexibility index (Phi) is 5.79. The molecule has 1 radical (unpaired) electrons. The van der Waals surface area contributed by atoms with Crippen LogP contribution in [-0.4, -0.2) is 27.3 Å². The van der Waals surface area contributed by atoms with E-state index in [0.29, 0.717) is 5.56 Å². The molecule has 79 valence electrons. The Bertz CT molecular complexity index is 356. The van der Waals surface area contributed by atoms with Crippen LogP contribution in [0.15, 0.2) is 18.2 Å². The van der Waals surface area contributed by atoms with Gasteiger partial charge in [-0.2, -0.15) is 0 Å². The number of hydrogen-bond acceptors (Lipinski definition) is 4. The molecule has 1 aromatic carbocycles. The third-order valence-corrected chi connectivity index (χ3v) is 1.81. The smallest absolute Gasteiger partial charge is 0.320 e. The molecule has 0 unspecified atom stereocenters. The molecule has 0 amide bonds. The molecule has 15 heavy (non-hydrogen) atoms. The normalized spacial score (nSPS) is 11.5. The molecule has 0 fully saturated rings. The monoisotopic (exact) mass is 286 g/mol. The maximum Gasteiger partial charge on any atom is 0.320 e. The van der Waals surface area contributed by atoms with Gasteiger partial charge in [0.2, 0.25) is 0 Å². The first-order chi connectivity index (χ1) is 6.50. The van der Waals surface area contributed by atoms with Crippen molar-refractivity contribution in [2.45, 2.75) is 12.5 Å². The number of aliphatic carboxylic acids is 1. The van der Waals surface area contributed by atoms with Gasteiger partial charge in [-0.05, 0) is 24.1 Å². The van der Waals surface area contributed by atoms with Crippen molar-refractivity contribution in [2.75, 3.05) is 0 Å². The zero-order chi connectivity index (χ0) is 10.7. The fourth-order valence-corrected chi connectivity index (χ4v) is 1.04. The van der Waals surface area contributed by atoms with Crippen LogP contribution in [0.2, 0.25) is 0 Å². The Morgan fingerprint density at radius 3 is 2.40 bits per heavy atom. The van der Waals surface area contributed by atoms with Crippen LogP contribution in [0.3, 0.4) is 0 Å². The minimum Gasteiger partial charge on any atom is -0.504 e. The molecule has 0 spiro atoms. The number of rotatable bonds is 3. The van der Waals surface area contributed by atoms with Gasteiger partial charge in [-0.15, -0.1) is 0 Å². The number of nitrogens with two attached hydrogens (primary N) is 1. The molecule has 0 saturated carbocycles. The van der Waals surface area contributed by atoms with E-state index in [9.17, 15) is 4.79 Å². The summed E-state index contributed by atoms with van der Waals surface area (Å²) in [4.78, 5) is 10.4. The molecule has 0 saturated heterocycles. The number of aromatic hydroxyl groups is 2. The molecule has 0 aliphatic heterocycles. The van der Waals surface area contributed by atoms with E-state index < -0.39 is 12.0 Å². The summed E-state index contributed by atoms with van der Waals surface area (Å²) in [5.74, 6) is -1.62. The third-order valence-electron chi connectivity index (χ3n) is 1.81. The average molecular weight is 286 g/mol. The zero-order valence-electron chi connectivity index (χ0n) is 7.92. The number of phenols is 2. The maximum absolute atomic E-state index is 10.4. The number of carboxylic acids is 1. The van der Waals surface area contributed by atoms with Gasteiger partial charge in [-0.3, -0.25) is 4.79 Å². The van der Waals surface area contributed by atoms with Crippen molar-refractivity contribution in [3.05, 3.63) is 23.8 Å². The van der Waals surface area contributed by atoms with Crippen molar-refractivity contribution in [3.63, 3.8) is 0 Å².